The fourth-order valence-corrected chi connectivity index (χ4v) is 1.29. The van der Waals surface area contributed by atoms with Crippen LogP contribution in [0.5, 0.6) is 0 Å². The maximum absolute atomic E-state index is 12.8. The lowest BCUT2D eigenvalue weighted by molar-refractivity contribution is 0.570. The Morgan fingerprint density at radius 2 is 2.33 bits per heavy atom. The van der Waals surface area contributed by atoms with Crippen LogP contribution in [0.15, 0.2) is 29.1 Å². The maximum Gasteiger partial charge on any atom is 0.361 e. The van der Waals surface area contributed by atoms with Crippen LogP contribution in [0.1, 0.15) is 5.56 Å². The summed E-state index contributed by atoms with van der Waals surface area (Å²) in [6.07, 6.45) is 0.546. The fourth-order valence-electron chi connectivity index (χ4n) is 1.29. The fraction of sp³-hybridized carbons (Fsp3) is 0.222. The van der Waals surface area contributed by atoms with E-state index in [0.717, 1.165) is 5.56 Å². The first-order valence-electron chi connectivity index (χ1n) is 4.48. The van der Waals surface area contributed by atoms with Gasteiger partial charge in [0.15, 0.2) is 0 Å². The van der Waals surface area contributed by atoms with Gasteiger partial charge in [-0.1, -0.05) is 12.1 Å². The summed E-state index contributed by atoms with van der Waals surface area (Å²) >= 11 is 0. The van der Waals surface area contributed by atoms with Gasteiger partial charge in [0.2, 0.25) is 0 Å². The molecule has 5 nitrogen and oxygen atoms in total. The quantitative estimate of drug-likeness (QED) is 0.791. The maximum atomic E-state index is 12.8. The van der Waals surface area contributed by atoms with Gasteiger partial charge in [-0.05, 0) is 34.5 Å². The number of rotatable bonds is 3. The number of halogens is 1. The van der Waals surface area contributed by atoms with Crippen LogP contribution in [0, 0.1) is 5.82 Å². The van der Waals surface area contributed by atoms with Crippen LogP contribution in [0.2, 0.25) is 0 Å². The average Bonchev–Trinajstić information content (AvgIpc) is 2.61. The van der Waals surface area contributed by atoms with E-state index < -0.39 is 0 Å². The first kappa shape index (κ1) is 9.57. The van der Waals surface area contributed by atoms with E-state index in [9.17, 15) is 9.18 Å². The molecule has 1 N–H and O–H groups in total. The number of aryl methyl sites for hydroxylation is 2. The second kappa shape index (κ2) is 4.04. The molecule has 0 bridgehead atoms. The zero-order valence-electron chi connectivity index (χ0n) is 7.85. The van der Waals surface area contributed by atoms with Gasteiger partial charge in [0.05, 0.1) is 6.54 Å². The van der Waals surface area contributed by atoms with Crippen LogP contribution >= 0.6 is 0 Å². The molecule has 1 heterocycles. The van der Waals surface area contributed by atoms with E-state index in [4.69, 9.17) is 0 Å². The highest BCUT2D eigenvalue weighted by Gasteiger charge is 2.00. The summed E-state index contributed by atoms with van der Waals surface area (Å²) in [6, 6.07) is 6.25. The van der Waals surface area contributed by atoms with Crippen molar-refractivity contribution in [2.24, 2.45) is 0 Å². The molecule has 6 heteroatoms. The molecule has 0 aliphatic heterocycles. The molecule has 0 amide bonds. The number of hydrogen-bond donors (Lipinski definition) is 1. The zero-order chi connectivity index (χ0) is 10.7. The Balaban J connectivity index is 2.05. The van der Waals surface area contributed by atoms with Crippen molar-refractivity contribution in [2.75, 3.05) is 0 Å². The van der Waals surface area contributed by atoms with Crippen molar-refractivity contribution >= 4 is 0 Å². The van der Waals surface area contributed by atoms with Gasteiger partial charge in [-0.15, -0.1) is 0 Å². The molecule has 0 spiro atoms. The van der Waals surface area contributed by atoms with Gasteiger partial charge in [0, 0.05) is 0 Å². The first-order valence-corrected chi connectivity index (χ1v) is 4.48. The predicted molar refractivity (Wildman–Crippen MR) is 50.7 cm³/mol. The van der Waals surface area contributed by atoms with Crippen LogP contribution in [0.25, 0.3) is 0 Å². The lowest BCUT2D eigenvalue weighted by Crippen LogP contribution is -2.19. The second-order valence-electron chi connectivity index (χ2n) is 3.11. The molecule has 0 saturated heterocycles. The summed E-state index contributed by atoms with van der Waals surface area (Å²) in [5, 5.41) is 9.10. The summed E-state index contributed by atoms with van der Waals surface area (Å²) in [5.41, 5.74) is 0.469. The number of benzene rings is 1. The van der Waals surface area contributed by atoms with E-state index >= 15 is 0 Å². The Morgan fingerprint density at radius 1 is 1.47 bits per heavy atom. The highest BCUT2D eigenvalue weighted by atomic mass is 19.1. The van der Waals surface area contributed by atoms with E-state index in [2.05, 4.69) is 15.5 Å². The predicted octanol–water partition coefficient (Wildman–Crippen LogP) is 0.348. The largest absolute Gasteiger partial charge is 0.361 e. The number of hydrogen-bond acceptors (Lipinski definition) is 3. The van der Waals surface area contributed by atoms with Gasteiger partial charge >= 0.3 is 5.69 Å². The number of aromatic amines is 1. The lowest BCUT2D eigenvalue weighted by Gasteiger charge is -1.99. The monoisotopic (exact) mass is 208 g/mol. The highest BCUT2D eigenvalue weighted by Crippen LogP contribution is 2.04. The van der Waals surface area contributed by atoms with Crippen molar-refractivity contribution in [3.63, 3.8) is 0 Å². The Morgan fingerprint density at radius 3 is 3.00 bits per heavy atom. The Labute approximate surface area is 84.5 Å². The molecule has 0 aliphatic carbocycles. The van der Waals surface area contributed by atoms with Crippen molar-refractivity contribution < 1.29 is 4.39 Å². The van der Waals surface area contributed by atoms with Crippen molar-refractivity contribution in [3.05, 3.63) is 46.1 Å². The minimum Gasteiger partial charge on any atom is -0.245 e. The number of H-pyrrole nitrogens is 1. The van der Waals surface area contributed by atoms with Crippen LogP contribution in [-0.2, 0) is 13.0 Å². The van der Waals surface area contributed by atoms with Crippen molar-refractivity contribution in [2.45, 2.75) is 13.0 Å². The number of nitrogens with zero attached hydrogens (tertiary/aromatic N) is 3. The highest BCUT2D eigenvalue weighted by molar-refractivity contribution is 5.16. The van der Waals surface area contributed by atoms with Gasteiger partial charge in [-0.25, -0.2) is 14.3 Å². The smallest absolute Gasteiger partial charge is 0.245 e. The Hall–Kier alpha value is -1.98. The Kier molecular flexibility index (Phi) is 2.57. The van der Waals surface area contributed by atoms with Crippen LogP contribution in [0.3, 0.4) is 0 Å². The molecule has 0 atom stereocenters. The summed E-state index contributed by atoms with van der Waals surface area (Å²) in [4.78, 5) is 11.0. The Bertz CT molecular complexity index is 505. The lowest BCUT2D eigenvalue weighted by atomic mass is 10.1. The minimum atomic E-state index is -0.355. The zero-order valence-corrected chi connectivity index (χ0v) is 7.85. The van der Waals surface area contributed by atoms with Crippen LogP contribution in [0.4, 0.5) is 4.39 Å². The number of tetrazole rings is 1. The molecule has 2 rings (SSSR count). The van der Waals surface area contributed by atoms with Crippen LogP contribution < -0.4 is 5.69 Å². The molecule has 0 saturated carbocycles. The van der Waals surface area contributed by atoms with Crippen molar-refractivity contribution in [1.82, 2.24) is 20.2 Å². The number of aromatic nitrogens is 4. The van der Waals surface area contributed by atoms with Gasteiger partial charge in [0.25, 0.3) is 0 Å². The molecule has 1 aromatic heterocycles. The molecule has 1 aromatic carbocycles. The molecule has 0 unspecified atom stereocenters. The number of nitrogens with one attached hydrogen (secondary N) is 1. The van der Waals surface area contributed by atoms with E-state index in [1.165, 1.54) is 16.8 Å². The third-order valence-electron chi connectivity index (χ3n) is 2.03. The van der Waals surface area contributed by atoms with E-state index in [1.54, 1.807) is 12.1 Å². The summed E-state index contributed by atoms with van der Waals surface area (Å²) in [6.45, 7) is 0.388. The van der Waals surface area contributed by atoms with Gasteiger partial charge in [-0.3, -0.25) is 0 Å². The van der Waals surface area contributed by atoms with Gasteiger partial charge < -0.3 is 0 Å². The van der Waals surface area contributed by atoms with E-state index in [1.807, 2.05) is 0 Å². The van der Waals surface area contributed by atoms with Gasteiger partial charge in [0.1, 0.15) is 5.82 Å². The topological polar surface area (TPSA) is 63.6 Å². The molecule has 0 radical (unpaired) electrons. The molecular weight excluding hydrogens is 199 g/mol. The third kappa shape index (κ3) is 2.28. The van der Waals surface area contributed by atoms with E-state index in [0.29, 0.717) is 13.0 Å². The van der Waals surface area contributed by atoms with Crippen molar-refractivity contribution in [3.8, 4) is 0 Å². The molecule has 0 fully saturated rings. The standard InChI is InChI=1S/C9H9FN4O/c10-8-3-1-2-7(6-8)4-5-14-9(15)11-12-13-14/h1-3,6H,4-5H2,(H,11,13,15). The summed E-state index contributed by atoms with van der Waals surface area (Å²) in [7, 11) is 0. The first-order chi connectivity index (χ1) is 7.25. The minimum absolute atomic E-state index is 0.278. The molecular formula is C9H9FN4O. The summed E-state index contributed by atoms with van der Waals surface area (Å²) < 4.78 is 14.0. The third-order valence-corrected chi connectivity index (χ3v) is 2.03. The van der Waals surface area contributed by atoms with Crippen molar-refractivity contribution in [1.29, 1.82) is 0 Å². The van der Waals surface area contributed by atoms with Crippen LogP contribution in [-0.4, -0.2) is 20.2 Å². The average molecular weight is 208 g/mol. The normalized spacial score (nSPS) is 10.5. The second-order valence-corrected chi connectivity index (χ2v) is 3.11. The molecule has 15 heavy (non-hydrogen) atoms. The molecule has 78 valence electrons. The van der Waals surface area contributed by atoms with E-state index in [-0.39, 0.29) is 11.5 Å². The van der Waals surface area contributed by atoms with Gasteiger partial charge in [-0.2, -0.15) is 4.68 Å². The molecule has 0 aliphatic rings. The molecule has 2 aromatic rings. The summed E-state index contributed by atoms with van der Waals surface area (Å²) in [5.74, 6) is -0.278. The SMILES string of the molecule is O=c1[nH]nnn1CCc1cccc(F)c1.